The average Bonchev–Trinajstić information content (AvgIpc) is 2.60. The van der Waals surface area contributed by atoms with Gasteiger partial charge in [-0.2, -0.15) is 30.4 Å². The first kappa shape index (κ1) is 28.9. The molecule has 0 aliphatic heterocycles. The molecule has 9 unspecified atom stereocenters. The van der Waals surface area contributed by atoms with E-state index in [0.717, 1.165) is 0 Å². The molecule has 0 aromatic carbocycles. The maximum Gasteiger partial charge on any atom is 0.456 e. The third-order valence-electron chi connectivity index (χ3n) is 3.29. The Balaban J connectivity index is 5.31. The van der Waals surface area contributed by atoms with E-state index in [4.69, 9.17) is 4.55 Å². The van der Waals surface area contributed by atoms with E-state index < -0.39 is 78.2 Å². The van der Waals surface area contributed by atoms with Crippen molar-refractivity contribution < 1.29 is 78.6 Å². The molecule has 0 radical (unpaired) electrons. The normalized spacial score (nSPS) is 23.0. The lowest BCUT2D eigenvalue weighted by Gasteiger charge is -2.29. The van der Waals surface area contributed by atoms with Crippen LogP contribution in [0.25, 0.3) is 0 Å². The van der Waals surface area contributed by atoms with Crippen LogP contribution in [0.3, 0.4) is 0 Å². The van der Waals surface area contributed by atoms with Crippen molar-refractivity contribution in [2.75, 3.05) is 0 Å². The smallest absolute Gasteiger partial charge is 0.263 e. The van der Waals surface area contributed by atoms with Crippen molar-refractivity contribution in [2.45, 2.75) is 67.8 Å². The first-order valence-corrected chi connectivity index (χ1v) is 8.40. The molecule has 30 heavy (non-hydrogen) atoms. The van der Waals surface area contributed by atoms with Gasteiger partial charge in [-0.05, 0) is 0 Å². The molecule has 0 aliphatic rings. The predicted octanol–water partition coefficient (Wildman–Crippen LogP) is 4.00. The minimum atomic E-state index is -6.81. The van der Waals surface area contributed by atoms with E-state index in [9.17, 15) is 69.9 Å². The van der Waals surface area contributed by atoms with Crippen molar-refractivity contribution in [2.24, 2.45) is 0 Å². The highest BCUT2D eigenvalue weighted by molar-refractivity contribution is 7.80. The summed E-state index contributed by atoms with van der Waals surface area (Å²) in [7, 11) is -5.81. The monoisotopic (exact) mass is 504 g/mol. The zero-order chi connectivity index (χ0) is 24.4. The summed E-state index contributed by atoms with van der Waals surface area (Å²) in [4.78, 5) is 0. The fourth-order valence-corrected chi connectivity index (χ4v) is 2.05. The quantitative estimate of drug-likeness (QED) is 0.342. The van der Waals surface area contributed by atoms with Crippen LogP contribution < -0.4 is 0 Å². The second-order valence-electron chi connectivity index (χ2n) is 5.51. The number of alkyl halides is 14. The molecule has 0 amide bonds. The first-order chi connectivity index (χ1) is 13.2. The van der Waals surface area contributed by atoms with Crippen molar-refractivity contribution in [3.63, 3.8) is 0 Å². The van der Waals surface area contributed by atoms with Gasteiger partial charge in [-0.15, -0.1) is 0 Å². The van der Waals surface area contributed by atoms with E-state index in [-0.39, 0.29) is 0 Å². The summed E-state index contributed by atoms with van der Waals surface area (Å²) in [6.07, 6.45) is -47.2. The van der Waals surface area contributed by atoms with Gasteiger partial charge in [-0.25, -0.2) is 43.7 Å². The molecule has 0 rings (SSSR count). The Bertz CT molecular complexity index is 644. The van der Waals surface area contributed by atoms with Crippen LogP contribution in [0.1, 0.15) is 0 Å². The Hall–Kier alpha value is -1.11. The molecular formula is C11H10F14O4S. The molecule has 19 heteroatoms. The first-order valence-electron chi connectivity index (χ1n) is 7.03. The summed E-state index contributed by atoms with van der Waals surface area (Å²) in [5.41, 5.74) is 0. The van der Waals surface area contributed by atoms with Crippen molar-refractivity contribution in [3.05, 3.63) is 0 Å². The summed E-state index contributed by atoms with van der Waals surface area (Å²) in [6.45, 7) is 0. The Morgan fingerprint density at radius 3 is 1.20 bits per heavy atom. The van der Waals surface area contributed by atoms with E-state index in [1.165, 1.54) is 0 Å². The molecule has 1 N–H and O–H groups in total. The highest BCUT2D eigenvalue weighted by atomic mass is 32.3. The molecule has 182 valence electrons. The van der Waals surface area contributed by atoms with Gasteiger partial charge < -0.3 is 0 Å². The molecule has 0 bridgehead atoms. The molecule has 4 nitrogen and oxygen atoms in total. The van der Waals surface area contributed by atoms with Crippen LogP contribution in [0, 0.1) is 0 Å². The maximum atomic E-state index is 13.4. The highest BCUT2D eigenvalue weighted by Gasteiger charge is 2.67. The Labute approximate surface area is 158 Å². The van der Waals surface area contributed by atoms with Crippen LogP contribution in [0.15, 0.2) is 0 Å². The van der Waals surface area contributed by atoms with Crippen molar-refractivity contribution >= 4 is 10.4 Å². The molecule has 0 saturated heterocycles. The lowest BCUT2D eigenvalue weighted by molar-refractivity contribution is -0.311. The highest BCUT2D eigenvalue weighted by Crippen LogP contribution is 2.42. The van der Waals surface area contributed by atoms with Gasteiger partial charge in [0, 0.05) is 0 Å². The van der Waals surface area contributed by atoms with Gasteiger partial charge in [0.15, 0.2) is 43.2 Å². The molecule has 0 spiro atoms. The Morgan fingerprint density at radius 1 is 0.600 bits per heavy atom. The Kier molecular flexibility index (Phi) is 9.64. The van der Waals surface area contributed by atoms with Gasteiger partial charge in [-0.3, -0.25) is 4.55 Å². The minimum absolute atomic E-state index is 2.79. The van der Waals surface area contributed by atoms with Gasteiger partial charge in [0.1, 0.15) is 0 Å². The molecule has 0 fully saturated rings. The van der Waals surface area contributed by atoms with Crippen molar-refractivity contribution in [1.82, 2.24) is 0 Å². The largest absolute Gasteiger partial charge is 0.456 e. The second-order valence-corrected chi connectivity index (χ2v) is 6.56. The zero-order valence-corrected chi connectivity index (χ0v) is 14.4. The number of hydrogen-bond donors (Lipinski definition) is 1. The summed E-state index contributed by atoms with van der Waals surface area (Å²) < 4.78 is 211. The topological polar surface area (TPSA) is 63.6 Å². The number of rotatable bonds is 11. The summed E-state index contributed by atoms with van der Waals surface area (Å²) in [5.74, 6) is -6.61. The number of hydrogen-bond acceptors (Lipinski definition) is 3. The van der Waals surface area contributed by atoms with Crippen LogP contribution in [0.2, 0.25) is 0 Å². The van der Waals surface area contributed by atoms with Crippen LogP contribution in [0.5, 0.6) is 0 Å². The van der Waals surface area contributed by atoms with Crippen LogP contribution in [-0.4, -0.2) is 80.8 Å². The SMILES string of the molecule is O=S(=O)(O)OC(F)C(F)C(F)C(F)C(F)C(F)C(F)C(F)C(F)C(F)(F)C(F)(F)F. The van der Waals surface area contributed by atoms with Crippen molar-refractivity contribution in [1.29, 1.82) is 0 Å². The molecule has 0 aliphatic carbocycles. The standard InChI is InChI=1S/C11H10F14O4S/c12-1(3(14)5(16)7(18)9(20)29-30(26,27)28)2(13)4(15)6(17)8(19)10(21,22)11(23,24)25/h1-9H,(H,26,27,28). The Morgan fingerprint density at radius 2 is 0.900 bits per heavy atom. The lowest BCUT2D eigenvalue weighted by atomic mass is 9.96. The summed E-state index contributed by atoms with van der Waals surface area (Å²) >= 11 is 0. The molecule has 0 aromatic rings. The molecule has 0 heterocycles. The van der Waals surface area contributed by atoms with Gasteiger partial charge in [0.05, 0.1) is 0 Å². The van der Waals surface area contributed by atoms with Gasteiger partial charge in [0.2, 0.25) is 6.17 Å². The molecule has 0 aromatic heterocycles. The summed E-state index contributed by atoms with van der Waals surface area (Å²) in [6, 6.07) is 0. The molecule has 0 saturated carbocycles. The van der Waals surface area contributed by atoms with Crippen molar-refractivity contribution in [3.8, 4) is 0 Å². The molecule has 9 atom stereocenters. The van der Waals surface area contributed by atoms with Crippen LogP contribution >= 0.6 is 0 Å². The van der Waals surface area contributed by atoms with Gasteiger partial charge in [-0.1, -0.05) is 0 Å². The fraction of sp³-hybridized carbons (Fsp3) is 1.00. The van der Waals surface area contributed by atoms with Gasteiger partial charge >= 0.3 is 22.5 Å². The van der Waals surface area contributed by atoms with E-state index in [1.807, 2.05) is 0 Å². The zero-order valence-electron chi connectivity index (χ0n) is 13.6. The van der Waals surface area contributed by atoms with E-state index >= 15 is 0 Å². The predicted molar refractivity (Wildman–Crippen MR) is 67.7 cm³/mol. The minimum Gasteiger partial charge on any atom is -0.263 e. The van der Waals surface area contributed by atoms with E-state index in [2.05, 4.69) is 4.18 Å². The van der Waals surface area contributed by atoms with E-state index in [0.29, 0.717) is 0 Å². The third kappa shape index (κ3) is 6.96. The summed E-state index contributed by atoms with van der Waals surface area (Å²) in [5, 5.41) is 0. The second kappa shape index (κ2) is 10.0. The molecular weight excluding hydrogens is 494 g/mol. The van der Waals surface area contributed by atoms with Crippen LogP contribution in [0.4, 0.5) is 61.5 Å². The fourth-order valence-electron chi connectivity index (χ4n) is 1.71. The van der Waals surface area contributed by atoms with Crippen LogP contribution in [-0.2, 0) is 14.6 Å². The van der Waals surface area contributed by atoms with Gasteiger partial charge in [0.25, 0.3) is 6.36 Å². The average molecular weight is 504 g/mol. The lowest BCUT2D eigenvalue weighted by Crippen LogP contribution is -2.54. The number of halogens is 14. The van der Waals surface area contributed by atoms with E-state index in [1.54, 1.807) is 0 Å². The third-order valence-corrected chi connectivity index (χ3v) is 3.72. The maximum absolute atomic E-state index is 13.4.